The number of benzene rings is 2. The predicted molar refractivity (Wildman–Crippen MR) is 126 cm³/mol. The lowest BCUT2D eigenvalue weighted by molar-refractivity contribution is 0.208. The maximum Gasteiger partial charge on any atom is 0.322 e. The minimum Gasteiger partial charge on any atom is -0.493 e. The summed E-state index contributed by atoms with van der Waals surface area (Å²) in [7, 11) is 1.61. The van der Waals surface area contributed by atoms with Crippen LogP contribution in [0.2, 0.25) is 0 Å². The highest BCUT2D eigenvalue weighted by atomic mass is 16.5. The van der Waals surface area contributed by atoms with E-state index < -0.39 is 0 Å². The number of ether oxygens (including phenoxy) is 2. The summed E-state index contributed by atoms with van der Waals surface area (Å²) in [5, 5.41) is 2.92. The van der Waals surface area contributed by atoms with Gasteiger partial charge in [-0.3, -0.25) is 0 Å². The fourth-order valence-electron chi connectivity index (χ4n) is 3.68. The molecule has 1 aliphatic heterocycles. The average molecular weight is 433 g/mol. The third kappa shape index (κ3) is 5.11. The van der Waals surface area contributed by atoms with E-state index in [4.69, 9.17) is 9.47 Å². The molecule has 1 N–H and O–H groups in total. The van der Waals surface area contributed by atoms with Crippen LogP contribution in [0.25, 0.3) is 0 Å². The number of anilines is 2. The molecule has 0 spiro atoms. The predicted octanol–water partition coefficient (Wildman–Crippen LogP) is 4.85. The van der Waals surface area contributed by atoms with E-state index in [0.717, 1.165) is 18.7 Å². The molecular weight excluding hydrogens is 404 g/mol. The van der Waals surface area contributed by atoms with Crippen LogP contribution in [0.1, 0.15) is 11.1 Å². The smallest absolute Gasteiger partial charge is 0.322 e. The van der Waals surface area contributed by atoms with Crippen LogP contribution in [-0.2, 0) is 0 Å². The lowest BCUT2D eigenvalue weighted by atomic mass is 10.2. The van der Waals surface area contributed by atoms with Crippen LogP contribution in [0, 0.1) is 13.8 Å². The SMILES string of the molecule is COc1cc(C)ccc1Oc1ccc(NC(=O)N2CCN(c3cccc(C)c3)CC2)cn1. The van der Waals surface area contributed by atoms with Gasteiger partial charge in [-0.15, -0.1) is 0 Å². The summed E-state index contributed by atoms with van der Waals surface area (Å²) >= 11 is 0. The van der Waals surface area contributed by atoms with E-state index in [9.17, 15) is 4.79 Å². The molecule has 0 aliphatic carbocycles. The van der Waals surface area contributed by atoms with Crippen LogP contribution >= 0.6 is 0 Å². The van der Waals surface area contributed by atoms with E-state index in [2.05, 4.69) is 46.4 Å². The third-order valence-corrected chi connectivity index (χ3v) is 5.45. The molecule has 4 rings (SSSR count). The van der Waals surface area contributed by atoms with Crippen LogP contribution < -0.4 is 19.7 Å². The molecule has 166 valence electrons. The Kier molecular flexibility index (Phi) is 6.44. The highest BCUT2D eigenvalue weighted by molar-refractivity contribution is 5.89. The van der Waals surface area contributed by atoms with Gasteiger partial charge in [0.25, 0.3) is 0 Å². The molecule has 1 aromatic heterocycles. The summed E-state index contributed by atoms with van der Waals surface area (Å²) in [6, 6.07) is 17.5. The molecule has 0 radical (unpaired) electrons. The summed E-state index contributed by atoms with van der Waals surface area (Å²) in [6.45, 7) is 7.03. The van der Waals surface area contributed by atoms with Crippen LogP contribution in [0.4, 0.5) is 16.2 Å². The molecular formula is C25H28N4O3. The fraction of sp³-hybridized carbons (Fsp3) is 0.280. The van der Waals surface area contributed by atoms with E-state index in [1.165, 1.54) is 11.3 Å². The van der Waals surface area contributed by atoms with Crippen molar-refractivity contribution in [2.45, 2.75) is 13.8 Å². The summed E-state index contributed by atoms with van der Waals surface area (Å²) in [5.74, 6) is 1.67. The molecule has 1 aliphatic rings. The second kappa shape index (κ2) is 9.60. The number of rotatable bonds is 5. The van der Waals surface area contributed by atoms with Gasteiger partial charge in [0.1, 0.15) is 0 Å². The van der Waals surface area contributed by atoms with Gasteiger partial charge < -0.3 is 24.6 Å². The topological polar surface area (TPSA) is 66.9 Å². The molecule has 2 aromatic carbocycles. The number of aromatic nitrogens is 1. The van der Waals surface area contributed by atoms with Gasteiger partial charge in [-0.1, -0.05) is 18.2 Å². The van der Waals surface area contributed by atoms with E-state index in [1.54, 1.807) is 25.4 Å². The van der Waals surface area contributed by atoms with Gasteiger partial charge in [0, 0.05) is 37.9 Å². The Hall–Kier alpha value is -3.74. The third-order valence-electron chi connectivity index (χ3n) is 5.45. The normalized spacial score (nSPS) is 13.6. The number of aryl methyl sites for hydroxylation is 2. The largest absolute Gasteiger partial charge is 0.493 e. The van der Waals surface area contributed by atoms with Gasteiger partial charge >= 0.3 is 6.03 Å². The lowest BCUT2D eigenvalue weighted by Crippen LogP contribution is -2.50. The first-order valence-electron chi connectivity index (χ1n) is 10.7. The molecule has 0 bridgehead atoms. The Labute approximate surface area is 188 Å². The zero-order valence-electron chi connectivity index (χ0n) is 18.7. The van der Waals surface area contributed by atoms with Crippen molar-refractivity contribution in [1.82, 2.24) is 9.88 Å². The minimum atomic E-state index is -0.121. The molecule has 7 heteroatoms. The number of piperazine rings is 1. The average Bonchev–Trinajstić information content (AvgIpc) is 2.81. The fourth-order valence-corrected chi connectivity index (χ4v) is 3.68. The first-order valence-corrected chi connectivity index (χ1v) is 10.7. The van der Waals surface area contributed by atoms with Crippen molar-refractivity contribution in [3.05, 3.63) is 71.9 Å². The van der Waals surface area contributed by atoms with Gasteiger partial charge in [-0.25, -0.2) is 9.78 Å². The molecule has 1 fully saturated rings. The Bertz CT molecular complexity index is 1080. The number of amides is 2. The highest BCUT2D eigenvalue weighted by Crippen LogP contribution is 2.31. The number of hydrogen-bond donors (Lipinski definition) is 1. The number of carbonyl (C=O) groups excluding carboxylic acids is 1. The van der Waals surface area contributed by atoms with Crippen LogP contribution in [0.3, 0.4) is 0 Å². The molecule has 3 aromatic rings. The molecule has 7 nitrogen and oxygen atoms in total. The monoisotopic (exact) mass is 432 g/mol. The quantitative estimate of drug-likeness (QED) is 0.624. The van der Waals surface area contributed by atoms with Crippen LogP contribution in [-0.4, -0.2) is 49.2 Å². The number of urea groups is 1. The van der Waals surface area contributed by atoms with E-state index in [1.807, 2.05) is 30.0 Å². The number of nitrogens with one attached hydrogen (secondary N) is 1. The van der Waals surface area contributed by atoms with E-state index >= 15 is 0 Å². The zero-order valence-corrected chi connectivity index (χ0v) is 18.7. The van der Waals surface area contributed by atoms with E-state index in [-0.39, 0.29) is 6.03 Å². The number of pyridine rings is 1. The first-order chi connectivity index (χ1) is 15.5. The lowest BCUT2D eigenvalue weighted by Gasteiger charge is -2.36. The van der Waals surface area contributed by atoms with Crippen molar-refractivity contribution in [3.63, 3.8) is 0 Å². The van der Waals surface area contributed by atoms with Crippen molar-refractivity contribution < 1.29 is 14.3 Å². The summed E-state index contributed by atoms with van der Waals surface area (Å²) in [5.41, 5.74) is 4.15. The molecule has 1 saturated heterocycles. The minimum absolute atomic E-state index is 0.121. The van der Waals surface area contributed by atoms with Gasteiger partial charge in [0.2, 0.25) is 5.88 Å². The molecule has 0 saturated carbocycles. The van der Waals surface area contributed by atoms with Crippen molar-refractivity contribution in [2.24, 2.45) is 0 Å². The number of hydrogen-bond acceptors (Lipinski definition) is 5. The number of nitrogens with zero attached hydrogens (tertiary/aromatic N) is 3. The second-order valence-corrected chi connectivity index (χ2v) is 7.88. The molecule has 2 amide bonds. The summed E-state index contributed by atoms with van der Waals surface area (Å²) < 4.78 is 11.2. The van der Waals surface area contributed by atoms with Gasteiger partial charge in [0.05, 0.1) is 19.0 Å². The van der Waals surface area contributed by atoms with Crippen molar-refractivity contribution in [3.8, 4) is 17.4 Å². The van der Waals surface area contributed by atoms with Gasteiger partial charge in [-0.2, -0.15) is 0 Å². The number of methoxy groups -OCH3 is 1. The van der Waals surface area contributed by atoms with Gasteiger partial charge in [-0.05, 0) is 55.3 Å². The Morgan fingerprint density at radius 3 is 2.41 bits per heavy atom. The van der Waals surface area contributed by atoms with Crippen molar-refractivity contribution in [1.29, 1.82) is 0 Å². The van der Waals surface area contributed by atoms with E-state index in [0.29, 0.717) is 36.2 Å². The standard InChI is InChI=1S/C25H28N4O3/c1-18-5-4-6-21(15-18)28-11-13-29(14-12-28)25(30)27-20-8-10-24(26-17-20)32-22-9-7-19(2)16-23(22)31-3/h4-10,15-17H,11-14H2,1-3H3,(H,27,30). The molecule has 0 unspecified atom stereocenters. The summed E-state index contributed by atoms with van der Waals surface area (Å²) in [4.78, 5) is 21.1. The summed E-state index contributed by atoms with van der Waals surface area (Å²) in [6.07, 6.45) is 1.59. The molecule has 2 heterocycles. The molecule has 32 heavy (non-hydrogen) atoms. The maximum absolute atomic E-state index is 12.7. The van der Waals surface area contributed by atoms with Gasteiger partial charge in [0.15, 0.2) is 11.5 Å². The Balaban J connectivity index is 1.31. The highest BCUT2D eigenvalue weighted by Gasteiger charge is 2.21. The van der Waals surface area contributed by atoms with Crippen LogP contribution in [0.5, 0.6) is 17.4 Å². The van der Waals surface area contributed by atoms with Crippen molar-refractivity contribution >= 4 is 17.4 Å². The number of carbonyl (C=O) groups is 1. The first kappa shape index (κ1) is 21.5. The Morgan fingerprint density at radius 1 is 0.938 bits per heavy atom. The second-order valence-electron chi connectivity index (χ2n) is 7.88. The van der Waals surface area contributed by atoms with Crippen molar-refractivity contribution in [2.75, 3.05) is 43.5 Å². The maximum atomic E-state index is 12.7. The van der Waals surface area contributed by atoms with Crippen LogP contribution in [0.15, 0.2) is 60.8 Å². The Morgan fingerprint density at radius 2 is 1.72 bits per heavy atom. The zero-order chi connectivity index (χ0) is 22.5. The molecule has 0 atom stereocenters.